The standard InChI is InChI=1S/C24H27Cl2F2N5O5S2/c1-11(2)32-40(36,37)14-7-6-13(16(25)17(14)26)19-18(22(34)33-10-24(27,28)8-12(33)3)29-21(39-19)20-31-30-15(38-20)9-23(4,5)35/h6-7,11-12,32,35H,8-10H2,1-5H3/t12-/m0/s1. The lowest BCUT2D eigenvalue weighted by molar-refractivity contribution is 0.0118. The van der Waals surface area contributed by atoms with Crippen LogP contribution in [0.2, 0.25) is 10.0 Å². The third kappa shape index (κ3) is 6.47. The van der Waals surface area contributed by atoms with Gasteiger partial charge in [-0.15, -0.1) is 21.5 Å². The van der Waals surface area contributed by atoms with Gasteiger partial charge in [0.1, 0.15) is 10.6 Å². The van der Waals surface area contributed by atoms with Gasteiger partial charge in [-0.05, 0) is 40.7 Å². The number of amides is 1. The smallest absolute Gasteiger partial charge is 0.276 e. The van der Waals surface area contributed by atoms with Crippen molar-refractivity contribution in [2.45, 2.75) is 76.0 Å². The number of benzene rings is 1. The summed E-state index contributed by atoms with van der Waals surface area (Å²) in [5.74, 6) is -3.78. The van der Waals surface area contributed by atoms with Gasteiger partial charge in [0.15, 0.2) is 5.01 Å². The van der Waals surface area contributed by atoms with E-state index in [1.165, 1.54) is 19.1 Å². The SMILES string of the molecule is CC(C)NS(=O)(=O)c1ccc(-c2sc(-c3nnc(CC(C)(C)O)o3)nc2C(=O)N2CC(F)(F)C[C@@H]2C)c(Cl)c1Cl. The number of aromatic nitrogens is 3. The van der Waals surface area contributed by atoms with Crippen LogP contribution in [0.25, 0.3) is 21.3 Å². The number of carbonyl (C=O) groups is 1. The number of rotatable bonds is 8. The summed E-state index contributed by atoms with van der Waals surface area (Å²) < 4.78 is 61.9. The van der Waals surface area contributed by atoms with Crippen LogP contribution in [-0.2, 0) is 16.4 Å². The van der Waals surface area contributed by atoms with Crippen LogP contribution in [0.1, 0.15) is 57.4 Å². The first kappa shape index (κ1) is 30.7. The molecule has 218 valence electrons. The largest absolute Gasteiger partial charge is 0.419 e. The van der Waals surface area contributed by atoms with Crippen LogP contribution in [-0.4, -0.2) is 69.7 Å². The van der Waals surface area contributed by atoms with Gasteiger partial charge in [0.25, 0.3) is 17.7 Å². The summed E-state index contributed by atoms with van der Waals surface area (Å²) in [4.78, 5) is 18.8. The highest BCUT2D eigenvalue weighted by Gasteiger charge is 2.46. The molecule has 1 aromatic carbocycles. The molecule has 3 aromatic rings. The molecule has 1 amide bonds. The predicted octanol–water partition coefficient (Wildman–Crippen LogP) is 5.04. The van der Waals surface area contributed by atoms with Crippen molar-refractivity contribution in [3.8, 4) is 21.3 Å². The maximum Gasteiger partial charge on any atom is 0.276 e. The fraction of sp³-hybridized carbons (Fsp3) is 0.500. The lowest BCUT2D eigenvalue weighted by atomic mass is 10.1. The van der Waals surface area contributed by atoms with Crippen LogP contribution >= 0.6 is 34.5 Å². The Morgan fingerprint density at radius 2 is 1.98 bits per heavy atom. The van der Waals surface area contributed by atoms with Crippen LogP contribution < -0.4 is 4.72 Å². The molecule has 0 unspecified atom stereocenters. The zero-order valence-corrected chi connectivity index (χ0v) is 25.3. The van der Waals surface area contributed by atoms with Gasteiger partial charge < -0.3 is 14.4 Å². The van der Waals surface area contributed by atoms with Gasteiger partial charge in [0.2, 0.25) is 15.9 Å². The number of thiazole rings is 1. The predicted molar refractivity (Wildman–Crippen MR) is 146 cm³/mol. The molecule has 0 aliphatic carbocycles. The molecule has 16 heteroatoms. The molecule has 1 fully saturated rings. The number of aliphatic hydroxyl groups is 1. The second kappa shape index (κ2) is 10.9. The molecule has 1 atom stereocenters. The van der Waals surface area contributed by atoms with Crippen LogP contribution in [0.3, 0.4) is 0 Å². The minimum absolute atomic E-state index is 0.0478. The minimum Gasteiger partial charge on any atom is -0.419 e. The summed E-state index contributed by atoms with van der Waals surface area (Å²) in [5, 5.41) is 17.6. The maximum atomic E-state index is 14.1. The quantitative estimate of drug-likeness (QED) is 0.350. The lowest BCUT2D eigenvalue weighted by Gasteiger charge is -2.20. The maximum absolute atomic E-state index is 14.1. The molecule has 0 saturated carbocycles. The molecule has 1 aliphatic rings. The molecule has 40 heavy (non-hydrogen) atoms. The number of nitrogens with one attached hydrogen (secondary N) is 1. The second-order valence-electron chi connectivity index (χ2n) is 10.5. The Kier molecular flexibility index (Phi) is 8.35. The van der Waals surface area contributed by atoms with E-state index in [4.69, 9.17) is 27.6 Å². The third-order valence-corrected chi connectivity index (χ3v) is 9.60. The van der Waals surface area contributed by atoms with Crippen molar-refractivity contribution < 1.29 is 31.5 Å². The number of hydrogen-bond acceptors (Lipinski definition) is 9. The van der Waals surface area contributed by atoms with Crippen LogP contribution in [0.15, 0.2) is 21.4 Å². The van der Waals surface area contributed by atoms with Crippen molar-refractivity contribution >= 4 is 50.5 Å². The molecular weight excluding hydrogens is 611 g/mol. The molecule has 4 rings (SSSR count). The zero-order chi connectivity index (χ0) is 29.8. The average molecular weight is 639 g/mol. The van der Waals surface area contributed by atoms with E-state index in [1.807, 2.05) is 0 Å². The molecule has 3 heterocycles. The van der Waals surface area contributed by atoms with Gasteiger partial charge in [-0.25, -0.2) is 26.9 Å². The van der Waals surface area contributed by atoms with Crippen molar-refractivity contribution in [3.05, 3.63) is 33.8 Å². The molecule has 0 bridgehead atoms. The molecule has 2 aromatic heterocycles. The Hall–Kier alpha value is -2.23. The number of alkyl halides is 2. The summed E-state index contributed by atoms with van der Waals surface area (Å²) in [7, 11) is -4.01. The number of carbonyl (C=O) groups excluding carboxylic acids is 1. The van der Waals surface area contributed by atoms with Crippen LogP contribution in [0, 0.1) is 0 Å². The van der Waals surface area contributed by atoms with Gasteiger partial charge in [0.05, 0.1) is 33.5 Å². The summed E-state index contributed by atoms with van der Waals surface area (Å²) in [6.07, 6.45) is -0.455. The zero-order valence-electron chi connectivity index (χ0n) is 22.1. The van der Waals surface area contributed by atoms with Crippen LogP contribution in [0.5, 0.6) is 0 Å². The van der Waals surface area contributed by atoms with E-state index in [2.05, 4.69) is 19.9 Å². The summed E-state index contributed by atoms with van der Waals surface area (Å²) in [5.41, 5.74) is -1.18. The highest BCUT2D eigenvalue weighted by Crippen LogP contribution is 2.44. The fourth-order valence-electron chi connectivity index (χ4n) is 4.23. The first-order chi connectivity index (χ1) is 18.4. The van der Waals surface area contributed by atoms with E-state index >= 15 is 0 Å². The molecule has 0 radical (unpaired) electrons. The number of halogens is 4. The van der Waals surface area contributed by atoms with Crippen molar-refractivity contribution in [1.82, 2.24) is 24.8 Å². The number of likely N-dealkylation sites (tertiary alicyclic amines) is 1. The van der Waals surface area contributed by atoms with Gasteiger partial charge in [-0.2, -0.15) is 0 Å². The molecule has 2 N–H and O–H groups in total. The number of hydrogen-bond donors (Lipinski definition) is 2. The summed E-state index contributed by atoms with van der Waals surface area (Å²) >= 11 is 13.9. The first-order valence-electron chi connectivity index (χ1n) is 12.1. The highest BCUT2D eigenvalue weighted by molar-refractivity contribution is 7.89. The minimum atomic E-state index is -4.01. The van der Waals surface area contributed by atoms with Gasteiger partial charge in [-0.1, -0.05) is 29.3 Å². The van der Waals surface area contributed by atoms with Crippen molar-refractivity contribution in [2.24, 2.45) is 0 Å². The third-order valence-electron chi connectivity index (χ3n) is 5.82. The summed E-state index contributed by atoms with van der Waals surface area (Å²) in [6, 6.07) is 1.43. The van der Waals surface area contributed by atoms with Gasteiger partial charge in [-0.3, -0.25) is 4.79 Å². The summed E-state index contributed by atoms with van der Waals surface area (Å²) in [6.45, 7) is 7.14. The van der Waals surface area contributed by atoms with E-state index < -0.39 is 52.5 Å². The number of nitrogens with zero attached hydrogens (tertiary/aromatic N) is 4. The number of sulfonamides is 1. The molecule has 0 spiro atoms. The fourth-order valence-corrected chi connectivity index (χ4v) is 7.41. The molecule has 1 saturated heterocycles. The molecule has 10 nitrogen and oxygen atoms in total. The van der Waals surface area contributed by atoms with Crippen molar-refractivity contribution in [1.29, 1.82) is 0 Å². The highest BCUT2D eigenvalue weighted by atomic mass is 35.5. The van der Waals surface area contributed by atoms with E-state index in [0.717, 1.165) is 16.2 Å². The average Bonchev–Trinajstić information content (AvgIpc) is 3.49. The molecular formula is C24H27Cl2F2N5O5S2. The van der Waals surface area contributed by atoms with E-state index in [-0.39, 0.29) is 54.3 Å². The Labute approximate surface area is 243 Å². The van der Waals surface area contributed by atoms with E-state index in [9.17, 15) is 27.1 Å². The van der Waals surface area contributed by atoms with Crippen molar-refractivity contribution in [2.75, 3.05) is 6.54 Å². The molecule has 1 aliphatic heterocycles. The topological polar surface area (TPSA) is 139 Å². The van der Waals surface area contributed by atoms with E-state index in [0.29, 0.717) is 0 Å². The second-order valence-corrected chi connectivity index (χ2v) is 14.0. The van der Waals surface area contributed by atoms with Gasteiger partial charge in [0, 0.05) is 24.1 Å². The Morgan fingerprint density at radius 3 is 2.55 bits per heavy atom. The lowest BCUT2D eigenvalue weighted by Crippen LogP contribution is -2.35. The Morgan fingerprint density at radius 1 is 1.30 bits per heavy atom. The Balaban J connectivity index is 1.84. The van der Waals surface area contributed by atoms with Crippen molar-refractivity contribution in [3.63, 3.8) is 0 Å². The first-order valence-corrected chi connectivity index (χ1v) is 15.2. The Bertz CT molecular complexity index is 1550. The monoisotopic (exact) mass is 637 g/mol. The normalized spacial score (nSPS) is 17.7. The van der Waals surface area contributed by atoms with Gasteiger partial charge >= 0.3 is 0 Å². The van der Waals surface area contributed by atoms with E-state index in [1.54, 1.807) is 27.7 Å². The van der Waals surface area contributed by atoms with Crippen LogP contribution in [0.4, 0.5) is 8.78 Å².